The molecule has 0 radical (unpaired) electrons. The van der Waals surface area contributed by atoms with Crippen LogP contribution in [0.3, 0.4) is 0 Å². The highest BCUT2D eigenvalue weighted by atomic mass is 35.5. The lowest BCUT2D eigenvalue weighted by Gasteiger charge is -1.98. The number of hydrogen-bond donors (Lipinski definition) is 2. The maximum absolute atomic E-state index is 5.86. The Balaban J connectivity index is 2.23. The van der Waals surface area contributed by atoms with Gasteiger partial charge in [-0.2, -0.15) is 5.10 Å². The molecule has 0 aliphatic carbocycles. The van der Waals surface area contributed by atoms with E-state index in [1.165, 1.54) is 0 Å². The summed E-state index contributed by atoms with van der Waals surface area (Å²) in [6, 6.07) is 9.35. The number of halogens is 1. The summed E-state index contributed by atoms with van der Waals surface area (Å²) in [6.45, 7) is 0. The van der Waals surface area contributed by atoms with Crippen molar-refractivity contribution in [1.29, 1.82) is 0 Å². The predicted octanol–water partition coefficient (Wildman–Crippen LogP) is 2.86. The highest BCUT2D eigenvalue weighted by Gasteiger charge is 2.08. The van der Waals surface area contributed by atoms with Crippen LogP contribution in [0.2, 0.25) is 5.02 Å². The topological polar surface area (TPSA) is 67.6 Å². The average Bonchev–Trinajstić information content (AvgIpc) is 2.73. The third-order valence-electron chi connectivity index (χ3n) is 2.56. The molecule has 17 heavy (non-hydrogen) atoms. The molecule has 3 rings (SSSR count). The number of aromatic nitrogens is 3. The number of benzene rings is 1. The first kappa shape index (κ1) is 10.1. The Morgan fingerprint density at radius 1 is 1.18 bits per heavy atom. The largest absolute Gasteiger partial charge is 0.397 e. The highest BCUT2D eigenvalue weighted by Crippen LogP contribution is 2.27. The Morgan fingerprint density at radius 3 is 2.71 bits per heavy atom. The second-order valence-corrected chi connectivity index (χ2v) is 4.18. The molecule has 0 spiro atoms. The van der Waals surface area contributed by atoms with Crippen LogP contribution in [0.5, 0.6) is 0 Å². The number of H-pyrrole nitrogens is 1. The number of rotatable bonds is 1. The fraction of sp³-hybridized carbons (Fsp3) is 0. The van der Waals surface area contributed by atoms with Gasteiger partial charge in [-0.05, 0) is 18.2 Å². The third kappa shape index (κ3) is 1.72. The molecule has 0 saturated carbocycles. The standard InChI is InChI=1S/C12H9ClN4/c13-8-3-1-7(2-4-8)11-10-5-9(14)6-15-12(10)17-16-11/h1-6H,14H2,(H,15,16,17). The molecule has 3 N–H and O–H groups in total. The van der Waals surface area contributed by atoms with Gasteiger partial charge in [0.05, 0.1) is 11.9 Å². The Hall–Kier alpha value is -2.07. The lowest BCUT2D eigenvalue weighted by molar-refractivity contribution is 1.10. The van der Waals surface area contributed by atoms with Crippen molar-refractivity contribution in [2.75, 3.05) is 5.73 Å². The summed E-state index contributed by atoms with van der Waals surface area (Å²) in [4.78, 5) is 4.18. The molecule has 0 bridgehead atoms. The van der Waals surface area contributed by atoms with Gasteiger partial charge in [0.1, 0.15) is 5.69 Å². The summed E-state index contributed by atoms with van der Waals surface area (Å²) in [5.74, 6) is 0. The Morgan fingerprint density at radius 2 is 1.94 bits per heavy atom. The molecule has 0 saturated heterocycles. The number of fused-ring (bicyclic) bond motifs is 1. The number of pyridine rings is 1. The lowest BCUT2D eigenvalue weighted by atomic mass is 10.1. The molecule has 0 aliphatic heterocycles. The van der Waals surface area contributed by atoms with E-state index < -0.39 is 0 Å². The molecule has 1 aromatic carbocycles. The maximum atomic E-state index is 5.86. The van der Waals surface area contributed by atoms with Gasteiger partial charge in [0.25, 0.3) is 0 Å². The van der Waals surface area contributed by atoms with Crippen molar-refractivity contribution < 1.29 is 0 Å². The Kier molecular flexibility index (Phi) is 2.23. The van der Waals surface area contributed by atoms with Crippen LogP contribution in [0.4, 0.5) is 5.69 Å². The molecule has 84 valence electrons. The maximum Gasteiger partial charge on any atom is 0.155 e. The van der Waals surface area contributed by atoms with Gasteiger partial charge in [-0.15, -0.1) is 0 Å². The van der Waals surface area contributed by atoms with E-state index in [-0.39, 0.29) is 0 Å². The van der Waals surface area contributed by atoms with Crippen LogP contribution in [0.25, 0.3) is 22.3 Å². The van der Waals surface area contributed by atoms with Gasteiger partial charge >= 0.3 is 0 Å². The van der Waals surface area contributed by atoms with Crippen LogP contribution in [-0.2, 0) is 0 Å². The average molecular weight is 245 g/mol. The summed E-state index contributed by atoms with van der Waals surface area (Å²) >= 11 is 5.86. The molecule has 0 unspecified atom stereocenters. The SMILES string of the molecule is Nc1cnc2[nH]nc(-c3ccc(Cl)cc3)c2c1. The quantitative estimate of drug-likeness (QED) is 0.692. The van der Waals surface area contributed by atoms with Gasteiger partial charge in [0, 0.05) is 16.0 Å². The number of nitrogen functional groups attached to an aromatic ring is 1. The van der Waals surface area contributed by atoms with E-state index in [1.54, 1.807) is 6.20 Å². The number of aromatic amines is 1. The molecular formula is C12H9ClN4. The molecule has 2 heterocycles. The lowest BCUT2D eigenvalue weighted by Crippen LogP contribution is -1.86. The van der Waals surface area contributed by atoms with E-state index in [9.17, 15) is 0 Å². The summed E-state index contributed by atoms with van der Waals surface area (Å²) < 4.78 is 0. The minimum absolute atomic E-state index is 0.620. The monoisotopic (exact) mass is 244 g/mol. The van der Waals surface area contributed by atoms with E-state index in [1.807, 2.05) is 30.3 Å². The third-order valence-corrected chi connectivity index (χ3v) is 2.81. The van der Waals surface area contributed by atoms with Crippen LogP contribution in [0.15, 0.2) is 36.5 Å². The van der Waals surface area contributed by atoms with E-state index in [4.69, 9.17) is 17.3 Å². The van der Waals surface area contributed by atoms with Gasteiger partial charge < -0.3 is 5.73 Å². The molecular weight excluding hydrogens is 236 g/mol. The number of anilines is 1. The zero-order chi connectivity index (χ0) is 11.8. The molecule has 5 heteroatoms. The molecule has 0 atom stereocenters. The van der Waals surface area contributed by atoms with E-state index in [0.29, 0.717) is 10.7 Å². The van der Waals surface area contributed by atoms with Crippen LogP contribution >= 0.6 is 11.6 Å². The minimum atomic E-state index is 0.620. The number of hydrogen-bond acceptors (Lipinski definition) is 3. The molecule has 0 amide bonds. The van der Waals surface area contributed by atoms with Crippen molar-refractivity contribution in [2.24, 2.45) is 0 Å². The molecule has 2 aromatic heterocycles. The zero-order valence-electron chi connectivity index (χ0n) is 8.81. The van der Waals surface area contributed by atoms with Crippen molar-refractivity contribution in [3.8, 4) is 11.3 Å². The van der Waals surface area contributed by atoms with Crippen LogP contribution in [0, 0.1) is 0 Å². The summed E-state index contributed by atoms with van der Waals surface area (Å²) in [5, 5.41) is 8.74. The smallest absolute Gasteiger partial charge is 0.155 e. The van der Waals surface area contributed by atoms with Gasteiger partial charge in [0.2, 0.25) is 0 Å². The van der Waals surface area contributed by atoms with E-state index in [0.717, 1.165) is 22.3 Å². The van der Waals surface area contributed by atoms with Gasteiger partial charge in [0.15, 0.2) is 5.65 Å². The first-order valence-electron chi connectivity index (χ1n) is 5.09. The normalized spacial score (nSPS) is 10.9. The van der Waals surface area contributed by atoms with Crippen LogP contribution in [-0.4, -0.2) is 15.2 Å². The Labute approximate surface area is 102 Å². The van der Waals surface area contributed by atoms with Gasteiger partial charge in [-0.3, -0.25) is 5.10 Å². The summed E-state index contributed by atoms with van der Waals surface area (Å²) in [6.07, 6.45) is 1.60. The summed E-state index contributed by atoms with van der Waals surface area (Å²) in [7, 11) is 0. The highest BCUT2D eigenvalue weighted by molar-refractivity contribution is 6.30. The number of nitrogens with two attached hydrogens (primary N) is 1. The second-order valence-electron chi connectivity index (χ2n) is 3.74. The summed E-state index contributed by atoms with van der Waals surface area (Å²) in [5.41, 5.74) is 8.88. The number of nitrogens with one attached hydrogen (secondary N) is 1. The van der Waals surface area contributed by atoms with Crippen molar-refractivity contribution in [3.63, 3.8) is 0 Å². The first-order chi connectivity index (χ1) is 8.24. The van der Waals surface area contributed by atoms with Crippen molar-refractivity contribution >= 4 is 28.3 Å². The molecule has 3 aromatic rings. The van der Waals surface area contributed by atoms with Crippen LogP contribution in [0.1, 0.15) is 0 Å². The first-order valence-corrected chi connectivity index (χ1v) is 5.47. The zero-order valence-corrected chi connectivity index (χ0v) is 9.57. The molecule has 4 nitrogen and oxygen atoms in total. The molecule has 0 aliphatic rings. The fourth-order valence-electron chi connectivity index (χ4n) is 1.75. The van der Waals surface area contributed by atoms with Crippen LogP contribution < -0.4 is 5.73 Å². The van der Waals surface area contributed by atoms with Crippen molar-refractivity contribution in [3.05, 3.63) is 41.6 Å². The number of nitrogens with zero attached hydrogens (tertiary/aromatic N) is 2. The van der Waals surface area contributed by atoms with E-state index in [2.05, 4.69) is 15.2 Å². The van der Waals surface area contributed by atoms with Crippen molar-refractivity contribution in [1.82, 2.24) is 15.2 Å². The van der Waals surface area contributed by atoms with Gasteiger partial charge in [-0.1, -0.05) is 23.7 Å². The second kappa shape index (κ2) is 3.75. The van der Waals surface area contributed by atoms with Crippen molar-refractivity contribution in [2.45, 2.75) is 0 Å². The molecule has 0 fully saturated rings. The fourth-order valence-corrected chi connectivity index (χ4v) is 1.87. The minimum Gasteiger partial charge on any atom is -0.397 e. The van der Waals surface area contributed by atoms with Gasteiger partial charge in [-0.25, -0.2) is 4.98 Å². The van der Waals surface area contributed by atoms with E-state index >= 15 is 0 Å². The Bertz CT molecular complexity index is 673. The predicted molar refractivity (Wildman–Crippen MR) is 68.7 cm³/mol.